The summed E-state index contributed by atoms with van der Waals surface area (Å²) in [5.41, 5.74) is 0.0261. The van der Waals surface area contributed by atoms with Gasteiger partial charge in [0.05, 0.1) is 5.69 Å². The Labute approximate surface area is 140 Å². The molecule has 0 saturated heterocycles. The molecule has 0 saturated carbocycles. The number of benzene rings is 1. The zero-order valence-corrected chi connectivity index (χ0v) is 13.0. The lowest BCUT2D eigenvalue weighted by Crippen LogP contribution is -2.24. The first kappa shape index (κ1) is 18.2. The number of rotatable bonds is 8. The maximum Gasteiger partial charge on any atom is 0.387 e. The Morgan fingerprint density at radius 3 is 2.72 bits per heavy atom. The van der Waals surface area contributed by atoms with Gasteiger partial charge in [-0.15, -0.1) is 0 Å². The van der Waals surface area contributed by atoms with E-state index in [0.29, 0.717) is 5.76 Å². The van der Waals surface area contributed by atoms with Crippen LogP contribution < -0.4 is 14.8 Å². The second-order valence-electron chi connectivity index (χ2n) is 4.65. The van der Waals surface area contributed by atoms with E-state index in [2.05, 4.69) is 15.2 Å². The number of amides is 1. The molecule has 0 aliphatic heterocycles. The highest BCUT2D eigenvalue weighted by atomic mass is 19.3. The number of anilines is 1. The van der Waals surface area contributed by atoms with Gasteiger partial charge < -0.3 is 24.1 Å². The number of para-hydroxylation sites is 2. The number of esters is 1. The number of carbonyl (C=O) groups is 2. The molecule has 1 amide bonds. The molecule has 0 atom stereocenters. The van der Waals surface area contributed by atoms with Crippen LogP contribution in [0.15, 0.2) is 34.9 Å². The van der Waals surface area contributed by atoms with Gasteiger partial charge in [-0.1, -0.05) is 12.1 Å². The quantitative estimate of drug-likeness (QED) is 0.723. The molecule has 2 rings (SSSR count). The van der Waals surface area contributed by atoms with Crippen molar-refractivity contribution in [2.75, 3.05) is 18.5 Å². The van der Waals surface area contributed by atoms with Crippen LogP contribution in [-0.4, -0.2) is 36.9 Å². The van der Waals surface area contributed by atoms with E-state index in [9.17, 15) is 18.4 Å². The highest BCUT2D eigenvalue weighted by Gasteiger charge is 2.13. The number of ether oxygens (including phenoxy) is 3. The number of hydrogen-bond acceptors (Lipinski definition) is 7. The predicted octanol–water partition coefficient (Wildman–Crippen LogP) is 2.15. The summed E-state index contributed by atoms with van der Waals surface area (Å²) in [6, 6.07) is 7.10. The maximum absolute atomic E-state index is 12.3. The molecule has 0 aliphatic carbocycles. The van der Waals surface area contributed by atoms with E-state index in [1.807, 2.05) is 0 Å². The molecule has 8 nitrogen and oxygen atoms in total. The fraction of sp³-hybridized carbons (Fsp3) is 0.267. The SMILES string of the molecule is Cc1cc(OCC(=O)OCC(=O)Nc2ccccc2OC(F)F)no1. The molecule has 1 heterocycles. The van der Waals surface area contributed by atoms with Gasteiger partial charge in [-0.2, -0.15) is 8.78 Å². The number of nitrogens with zero attached hydrogens (tertiary/aromatic N) is 1. The molecule has 1 aromatic heterocycles. The van der Waals surface area contributed by atoms with E-state index < -0.39 is 31.7 Å². The minimum Gasteiger partial charge on any atom is -0.463 e. The summed E-state index contributed by atoms with van der Waals surface area (Å²) in [4.78, 5) is 23.2. The smallest absolute Gasteiger partial charge is 0.387 e. The third-order valence-electron chi connectivity index (χ3n) is 2.69. The Morgan fingerprint density at radius 1 is 1.28 bits per heavy atom. The molecule has 0 fully saturated rings. The van der Waals surface area contributed by atoms with E-state index in [1.165, 1.54) is 30.3 Å². The highest BCUT2D eigenvalue weighted by molar-refractivity contribution is 5.94. The van der Waals surface area contributed by atoms with Gasteiger partial charge in [-0.3, -0.25) is 4.79 Å². The zero-order valence-electron chi connectivity index (χ0n) is 13.0. The van der Waals surface area contributed by atoms with Gasteiger partial charge in [0.2, 0.25) is 0 Å². The highest BCUT2D eigenvalue weighted by Crippen LogP contribution is 2.25. The Balaban J connectivity index is 1.77. The zero-order chi connectivity index (χ0) is 18.2. The molecule has 25 heavy (non-hydrogen) atoms. The van der Waals surface area contributed by atoms with Crippen molar-refractivity contribution < 1.29 is 37.1 Å². The minimum absolute atomic E-state index is 0.0261. The van der Waals surface area contributed by atoms with E-state index in [0.717, 1.165) is 0 Å². The van der Waals surface area contributed by atoms with Crippen LogP contribution in [-0.2, 0) is 14.3 Å². The minimum atomic E-state index is -3.03. The van der Waals surface area contributed by atoms with Crippen LogP contribution in [0.3, 0.4) is 0 Å². The molecule has 1 aromatic carbocycles. The Kier molecular flexibility index (Phi) is 6.26. The molecular weight excluding hydrogens is 342 g/mol. The molecule has 2 aromatic rings. The lowest BCUT2D eigenvalue weighted by Gasteiger charge is -2.11. The molecule has 0 unspecified atom stereocenters. The molecule has 0 aliphatic rings. The molecule has 1 N–H and O–H groups in total. The molecule has 0 spiro atoms. The topological polar surface area (TPSA) is 99.9 Å². The van der Waals surface area contributed by atoms with Crippen molar-refractivity contribution in [1.82, 2.24) is 5.16 Å². The summed E-state index contributed by atoms with van der Waals surface area (Å²) in [5.74, 6) is -1.13. The number of alkyl halides is 2. The van der Waals surface area contributed by atoms with Crippen molar-refractivity contribution in [2.45, 2.75) is 13.5 Å². The number of aromatic nitrogens is 1. The van der Waals surface area contributed by atoms with Crippen LogP contribution >= 0.6 is 0 Å². The Hall–Kier alpha value is -3.17. The van der Waals surface area contributed by atoms with Crippen molar-refractivity contribution in [3.05, 3.63) is 36.1 Å². The summed E-state index contributed by atoms with van der Waals surface area (Å²) >= 11 is 0. The molecule has 10 heteroatoms. The second kappa shape index (κ2) is 8.62. The number of halogens is 2. The van der Waals surface area contributed by atoms with Crippen LogP contribution in [0.5, 0.6) is 11.6 Å². The molecule has 0 radical (unpaired) electrons. The van der Waals surface area contributed by atoms with Crippen LogP contribution in [0.25, 0.3) is 0 Å². The molecule has 0 bridgehead atoms. The van der Waals surface area contributed by atoms with Crippen LogP contribution in [0.1, 0.15) is 5.76 Å². The third kappa shape index (κ3) is 6.09. The summed E-state index contributed by atoms with van der Waals surface area (Å²) < 4.78 is 43.3. The fourth-order valence-corrected chi connectivity index (χ4v) is 1.69. The monoisotopic (exact) mass is 356 g/mol. The summed E-state index contributed by atoms with van der Waals surface area (Å²) in [6.45, 7) is -2.47. The average molecular weight is 356 g/mol. The van der Waals surface area contributed by atoms with Crippen LogP contribution in [0.4, 0.5) is 14.5 Å². The van der Waals surface area contributed by atoms with Gasteiger partial charge >= 0.3 is 12.6 Å². The van der Waals surface area contributed by atoms with Crippen molar-refractivity contribution in [3.63, 3.8) is 0 Å². The predicted molar refractivity (Wildman–Crippen MR) is 79.4 cm³/mol. The second-order valence-corrected chi connectivity index (χ2v) is 4.65. The van der Waals surface area contributed by atoms with Gasteiger partial charge in [0.25, 0.3) is 11.8 Å². The lowest BCUT2D eigenvalue weighted by molar-refractivity contribution is -0.149. The Morgan fingerprint density at radius 2 is 2.04 bits per heavy atom. The Bertz CT molecular complexity index is 734. The van der Waals surface area contributed by atoms with Gasteiger partial charge in [0.15, 0.2) is 13.2 Å². The van der Waals surface area contributed by atoms with E-state index >= 15 is 0 Å². The van der Waals surface area contributed by atoms with Gasteiger partial charge in [0, 0.05) is 6.07 Å². The first-order chi connectivity index (χ1) is 11.9. The maximum atomic E-state index is 12.3. The standard InChI is InChI=1S/C15H14F2N2O6/c1-9-6-13(19-25-9)22-8-14(21)23-7-12(20)18-10-4-2-3-5-11(10)24-15(16)17/h2-6,15H,7-8H2,1H3,(H,18,20). The number of nitrogens with one attached hydrogen (secondary N) is 1. The molecular formula is C15H14F2N2O6. The fourth-order valence-electron chi connectivity index (χ4n) is 1.69. The van der Waals surface area contributed by atoms with Crippen LogP contribution in [0.2, 0.25) is 0 Å². The number of carbonyl (C=O) groups excluding carboxylic acids is 2. The number of aryl methyl sites for hydroxylation is 1. The van der Waals surface area contributed by atoms with Crippen molar-refractivity contribution >= 4 is 17.6 Å². The van der Waals surface area contributed by atoms with Gasteiger partial charge in [0.1, 0.15) is 11.5 Å². The first-order valence-corrected chi connectivity index (χ1v) is 6.99. The number of hydrogen-bond donors (Lipinski definition) is 1. The van der Waals surface area contributed by atoms with E-state index in [1.54, 1.807) is 6.92 Å². The lowest BCUT2D eigenvalue weighted by atomic mass is 10.3. The van der Waals surface area contributed by atoms with E-state index in [-0.39, 0.29) is 17.3 Å². The van der Waals surface area contributed by atoms with Gasteiger partial charge in [-0.25, -0.2) is 4.79 Å². The average Bonchev–Trinajstić information content (AvgIpc) is 2.98. The van der Waals surface area contributed by atoms with Crippen molar-refractivity contribution in [2.24, 2.45) is 0 Å². The normalized spacial score (nSPS) is 10.4. The van der Waals surface area contributed by atoms with Gasteiger partial charge in [-0.05, 0) is 24.2 Å². The third-order valence-corrected chi connectivity index (χ3v) is 2.69. The van der Waals surface area contributed by atoms with Crippen molar-refractivity contribution in [1.29, 1.82) is 0 Å². The van der Waals surface area contributed by atoms with Crippen LogP contribution in [0, 0.1) is 6.92 Å². The summed E-state index contributed by atoms with van der Waals surface area (Å²) in [5, 5.41) is 5.82. The summed E-state index contributed by atoms with van der Waals surface area (Å²) in [6.07, 6.45) is 0. The van der Waals surface area contributed by atoms with E-state index in [4.69, 9.17) is 14.0 Å². The first-order valence-electron chi connectivity index (χ1n) is 6.99. The largest absolute Gasteiger partial charge is 0.463 e. The summed E-state index contributed by atoms with van der Waals surface area (Å²) in [7, 11) is 0. The van der Waals surface area contributed by atoms with Crippen molar-refractivity contribution in [3.8, 4) is 11.6 Å². The molecule has 134 valence electrons.